The molecule has 0 aromatic heterocycles. The van der Waals surface area contributed by atoms with Gasteiger partial charge in [-0.1, -0.05) is 12.8 Å². The summed E-state index contributed by atoms with van der Waals surface area (Å²) >= 11 is 0. The fourth-order valence-corrected chi connectivity index (χ4v) is 3.38. The van der Waals surface area contributed by atoms with Crippen LogP contribution in [0.5, 0.6) is 0 Å². The molecule has 0 radical (unpaired) electrons. The summed E-state index contributed by atoms with van der Waals surface area (Å²) in [5.41, 5.74) is 0. The van der Waals surface area contributed by atoms with Crippen molar-refractivity contribution in [1.29, 1.82) is 0 Å². The second-order valence-corrected chi connectivity index (χ2v) is 7.15. The number of urea groups is 1. The molecule has 2 N–H and O–H groups in total. The first-order valence-electron chi connectivity index (χ1n) is 8.75. The summed E-state index contributed by atoms with van der Waals surface area (Å²) in [6.07, 6.45) is 3.91. The number of hydrogen-bond acceptors (Lipinski definition) is 3. The zero-order valence-corrected chi connectivity index (χ0v) is 15.0. The van der Waals surface area contributed by atoms with Crippen molar-refractivity contribution in [2.24, 2.45) is 5.92 Å². The molecule has 1 aliphatic carbocycles. The zero-order chi connectivity index (χ0) is 16.7. The van der Waals surface area contributed by atoms with Gasteiger partial charge in [-0.25, -0.2) is 4.79 Å². The number of nitrogens with zero attached hydrogens (tertiary/aromatic N) is 2. The van der Waals surface area contributed by atoms with E-state index in [9.17, 15) is 9.90 Å². The predicted molar refractivity (Wildman–Crippen MR) is 91.0 cm³/mol. The van der Waals surface area contributed by atoms with Crippen LogP contribution in [0.3, 0.4) is 0 Å². The van der Waals surface area contributed by atoms with Crippen molar-refractivity contribution in [2.75, 3.05) is 26.7 Å². The number of hydrogen-bond donors (Lipinski definition) is 2. The highest BCUT2D eigenvalue weighted by Crippen LogP contribution is 2.24. The summed E-state index contributed by atoms with van der Waals surface area (Å²) in [7, 11) is 1.82. The topological polar surface area (TPSA) is 55.8 Å². The highest BCUT2D eigenvalue weighted by atomic mass is 16.3. The smallest absolute Gasteiger partial charge is 0.317 e. The number of aliphatic hydroxyl groups is 1. The normalized spacial score (nSPS) is 22.4. The standard InChI is InChI=1S/C17H35N3O2/c1-13(2)20(14(3)4)11-10-18-17(22)19(5)12-15-8-6-7-9-16(15)21/h13-16,21H,6-12H2,1-5H3,(H,18,22). The second kappa shape index (κ2) is 9.36. The minimum absolute atomic E-state index is 0.0368. The van der Waals surface area contributed by atoms with Gasteiger partial charge in [-0.05, 0) is 40.5 Å². The molecule has 0 bridgehead atoms. The van der Waals surface area contributed by atoms with E-state index >= 15 is 0 Å². The molecule has 1 saturated carbocycles. The molecule has 5 nitrogen and oxygen atoms in total. The van der Waals surface area contributed by atoms with E-state index in [0.29, 0.717) is 25.2 Å². The van der Waals surface area contributed by atoms with Gasteiger partial charge in [-0.3, -0.25) is 4.90 Å². The molecule has 2 unspecified atom stereocenters. The number of carbonyl (C=O) groups excluding carboxylic acids is 1. The van der Waals surface area contributed by atoms with E-state index in [4.69, 9.17) is 0 Å². The quantitative estimate of drug-likeness (QED) is 0.758. The Kier molecular flexibility index (Phi) is 8.18. The Balaban J connectivity index is 2.31. The third-order valence-electron chi connectivity index (χ3n) is 4.70. The molecule has 2 amide bonds. The van der Waals surface area contributed by atoms with Crippen LogP contribution < -0.4 is 5.32 Å². The number of rotatable bonds is 7. The number of carbonyl (C=O) groups is 1. The van der Waals surface area contributed by atoms with Crippen molar-refractivity contribution in [3.8, 4) is 0 Å². The monoisotopic (exact) mass is 313 g/mol. The molecular formula is C17H35N3O2. The third kappa shape index (κ3) is 6.13. The van der Waals surface area contributed by atoms with Crippen molar-refractivity contribution in [1.82, 2.24) is 15.1 Å². The Labute approximate surface area is 136 Å². The molecule has 5 heteroatoms. The molecular weight excluding hydrogens is 278 g/mol. The number of amides is 2. The van der Waals surface area contributed by atoms with E-state index in [1.807, 2.05) is 7.05 Å². The maximum atomic E-state index is 12.2. The van der Waals surface area contributed by atoms with Gasteiger partial charge in [-0.15, -0.1) is 0 Å². The van der Waals surface area contributed by atoms with Gasteiger partial charge in [0.1, 0.15) is 0 Å². The fraction of sp³-hybridized carbons (Fsp3) is 0.941. The maximum Gasteiger partial charge on any atom is 0.317 e. The average Bonchev–Trinajstić information content (AvgIpc) is 2.44. The van der Waals surface area contributed by atoms with Gasteiger partial charge in [0.05, 0.1) is 6.10 Å². The summed E-state index contributed by atoms with van der Waals surface area (Å²) in [4.78, 5) is 16.2. The van der Waals surface area contributed by atoms with Gasteiger partial charge in [-0.2, -0.15) is 0 Å². The van der Waals surface area contributed by atoms with Crippen LogP contribution >= 0.6 is 0 Å². The Morgan fingerprint density at radius 1 is 1.18 bits per heavy atom. The summed E-state index contributed by atoms with van der Waals surface area (Å²) < 4.78 is 0. The lowest BCUT2D eigenvalue weighted by atomic mass is 9.86. The zero-order valence-electron chi connectivity index (χ0n) is 15.0. The first-order chi connectivity index (χ1) is 10.3. The lowest BCUT2D eigenvalue weighted by Crippen LogP contribution is -2.46. The van der Waals surface area contributed by atoms with Crippen LogP contribution in [0.2, 0.25) is 0 Å². The van der Waals surface area contributed by atoms with Crippen LogP contribution in [0.1, 0.15) is 53.4 Å². The third-order valence-corrected chi connectivity index (χ3v) is 4.70. The molecule has 0 heterocycles. The van der Waals surface area contributed by atoms with Crippen molar-refractivity contribution >= 4 is 6.03 Å². The minimum Gasteiger partial charge on any atom is -0.393 e. The average molecular weight is 313 g/mol. The molecule has 130 valence electrons. The molecule has 0 aliphatic heterocycles. The van der Waals surface area contributed by atoms with Crippen LogP contribution in [-0.4, -0.2) is 65.8 Å². The predicted octanol–water partition coefficient (Wildman–Crippen LogP) is 2.30. The lowest BCUT2D eigenvalue weighted by Gasteiger charge is -2.32. The van der Waals surface area contributed by atoms with Gasteiger partial charge < -0.3 is 15.3 Å². The fourth-order valence-electron chi connectivity index (χ4n) is 3.38. The van der Waals surface area contributed by atoms with Crippen LogP contribution in [-0.2, 0) is 0 Å². The SMILES string of the molecule is CC(C)N(CCNC(=O)N(C)CC1CCCCC1O)C(C)C. The second-order valence-electron chi connectivity index (χ2n) is 7.15. The molecule has 0 aromatic rings. The van der Waals surface area contributed by atoms with E-state index in [2.05, 4.69) is 37.9 Å². The molecule has 1 fully saturated rings. The Bertz CT molecular complexity index is 326. The van der Waals surface area contributed by atoms with Gasteiger partial charge in [0.15, 0.2) is 0 Å². The minimum atomic E-state index is -0.249. The molecule has 1 rings (SSSR count). The van der Waals surface area contributed by atoms with Crippen LogP contribution in [0.25, 0.3) is 0 Å². The maximum absolute atomic E-state index is 12.2. The summed E-state index contributed by atoms with van der Waals surface area (Å²) in [6.45, 7) is 10.9. The molecule has 0 aromatic carbocycles. The first kappa shape index (κ1) is 19.2. The van der Waals surface area contributed by atoms with Crippen molar-refractivity contribution in [3.63, 3.8) is 0 Å². The summed E-state index contributed by atoms with van der Waals surface area (Å²) in [6, 6.07) is 0.921. The Morgan fingerprint density at radius 3 is 2.32 bits per heavy atom. The highest BCUT2D eigenvalue weighted by Gasteiger charge is 2.25. The number of nitrogens with one attached hydrogen (secondary N) is 1. The molecule has 0 saturated heterocycles. The van der Waals surface area contributed by atoms with Crippen LogP contribution in [0, 0.1) is 5.92 Å². The van der Waals surface area contributed by atoms with Crippen molar-refractivity contribution in [2.45, 2.75) is 71.6 Å². The highest BCUT2D eigenvalue weighted by molar-refractivity contribution is 5.73. The molecule has 2 atom stereocenters. The Morgan fingerprint density at radius 2 is 1.77 bits per heavy atom. The van der Waals surface area contributed by atoms with Crippen LogP contribution in [0.4, 0.5) is 4.79 Å². The molecule has 1 aliphatic rings. The van der Waals surface area contributed by atoms with E-state index in [0.717, 1.165) is 32.2 Å². The van der Waals surface area contributed by atoms with Gasteiger partial charge in [0.2, 0.25) is 0 Å². The van der Waals surface area contributed by atoms with E-state index in [1.54, 1.807) is 4.90 Å². The molecule has 0 spiro atoms. The van der Waals surface area contributed by atoms with E-state index in [-0.39, 0.29) is 18.1 Å². The van der Waals surface area contributed by atoms with E-state index < -0.39 is 0 Å². The van der Waals surface area contributed by atoms with Crippen molar-refractivity contribution < 1.29 is 9.90 Å². The first-order valence-corrected chi connectivity index (χ1v) is 8.75. The summed E-state index contributed by atoms with van der Waals surface area (Å²) in [5, 5.41) is 13.0. The van der Waals surface area contributed by atoms with Gasteiger partial charge in [0, 0.05) is 44.7 Å². The lowest BCUT2D eigenvalue weighted by molar-refractivity contribution is 0.0564. The Hall–Kier alpha value is -0.810. The van der Waals surface area contributed by atoms with Gasteiger partial charge >= 0.3 is 6.03 Å². The van der Waals surface area contributed by atoms with Crippen molar-refractivity contribution in [3.05, 3.63) is 0 Å². The van der Waals surface area contributed by atoms with Crippen LogP contribution in [0.15, 0.2) is 0 Å². The molecule has 22 heavy (non-hydrogen) atoms. The van der Waals surface area contributed by atoms with Gasteiger partial charge in [0.25, 0.3) is 0 Å². The van der Waals surface area contributed by atoms with E-state index in [1.165, 1.54) is 0 Å². The largest absolute Gasteiger partial charge is 0.393 e. The summed E-state index contributed by atoms with van der Waals surface area (Å²) in [5.74, 6) is 0.229. The number of aliphatic hydroxyl groups excluding tert-OH is 1.